The summed E-state index contributed by atoms with van der Waals surface area (Å²) < 4.78 is 50.6. The van der Waals surface area contributed by atoms with Crippen molar-refractivity contribution < 1.29 is 46.5 Å². The van der Waals surface area contributed by atoms with Gasteiger partial charge in [0, 0.05) is 17.2 Å². The fraction of sp³-hybridized carbons (Fsp3) is 0.583. The van der Waals surface area contributed by atoms with Gasteiger partial charge in [-0.2, -0.15) is 0 Å². The third kappa shape index (κ3) is 8.77. The van der Waals surface area contributed by atoms with Crippen LogP contribution in [0.15, 0.2) is 36.9 Å². The number of ether oxygens (including phenoxy) is 4. The summed E-state index contributed by atoms with van der Waals surface area (Å²) in [7, 11) is -3.93. The number of carbonyl (C=O) groups excluding carboxylic acids is 4. The van der Waals surface area contributed by atoms with Gasteiger partial charge in [-0.15, -0.1) is 6.58 Å². The van der Waals surface area contributed by atoms with Gasteiger partial charge in [0.15, 0.2) is 12.5 Å². The van der Waals surface area contributed by atoms with Crippen molar-refractivity contribution >= 4 is 44.6 Å². The number of nitrogens with zero attached hydrogens (tertiary/aromatic N) is 2. The number of fused-ring (bicyclic) bond motifs is 3. The van der Waals surface area contributed by atoms with Crippen LogP contribution < -0.4 is 24.8 Å². The van der Waals surface area contributed by atoms with Gasteiger partial charge >= 0.3 is 6.09 Å². The fourth-order valence-corrected chi connectivity index (χ4v) is 7.57. The first-order valence-electron chi connectivity index (χ1n) is 17.3. The number of nitrogens with one attached hydrogen (secondary N) is 3. The molecule has 1 aliphatic carbocycles. The number of carbonyl (C=O) groups is 4. The molecule has 0 radical (unpaired) electrons. The number of hydrogen-bond donors (Lipinski definition) is 3. The molecule has 1 aromatic carbocycles. The van der Waals surface area contributed by atoms with Crippen LogP contribution in [0, 0.1) is 5.41 Å². The van der Waals surface area contributed by atoms with Gasteiger partial charge in [0.25, 0.3) is 5.91 Å². The number of pyridine rings is 1. The number of likely N-dealkylation sites (tertiary alicyclic amines) is 1. The summed E-state index contributed by atoms with van der Waals surface area (Å²) >= 11 is 0. The lowest BCUT2D eigenvalue weighted by Crippen LogP contribution is -2.62. The molecule has 0 bridgehead atoms. The van der Waals surface area contributed by atoms with Crippen molar-refractivity contribution in [2.24, 2.45) is 5.41 Å². The van der Waals surface area contributed by atoms with Gasteiger partial charge < -0.3 is 34.5 Å². The molecule has 0 spiro atoms. The zero-order chi connectivity index (χ0) is 38.2. The Morgan fingerprint density at radius 2 is 1.75 bits per heavy atom. The average molecular weight is 744 g/mol. The summed E-state index contributed by atoms with van der Waals surface area (Å²) in [6, 6.07) is 5.05. The standard InChI is InChI=1S/C36H49N5O10S/c1-9-16-36(8,32(44)40-52(46,47)22-14-15-22)39-29(42)26-17-21(18-41(26)31(43)28(34(2,3)4)38-33(45)51-35(5,6)7)50-30-24-13-11-10-12-23(24)27-25(37-30)19-48-20-49-27/h9-13,21-22,26,28H,1,14-20H2,2-8H3,(H,38,45)(H,39,42)(H,40,44)/t21-,26+,28-,36-/m1/s1. The number of benzene rings is 1. The van der Waals surface area contributed by atoms with Crippen molar-refractivity contribution in [3.63, 3.8) is 0 Å². The maximum absolute atomic E-state index is 14.5. The van der Waals surface area contributed by atoms with E-state index in [0.717, 1.165) is 5.39 Å². The van der Waals surface area contributed by atoms with E-state index in [4.69, 9.17) is 18.9 Å². The topological polar surface area (TPSA) is 192 Å². The molecule has 4 amide bonds. The number of amides is 4. The molecule has 1 aromatic heterocycles. The molecular formula is C36H49N5O10S. The Bertz CT molecular complexity index is 1850. The molecule has 3 aliphatic rings. The minimum Gasteiger partial charge on any atom is -0.472 e. The highest BCUT2D eigenvalue weighted by molar-refractivity contribution is 7.91. The number of hydrogen-bond acceptors (Lipinski definition) is 11. The van der Waals surface area contributed by atoms with E-state index in [1.54, 1.807) is 41.5 Å². The Labute approximate surface area is 304 Å². The number of rotatable bonds is 11. The lowest BCUT2D eigenvalue weighted by Gasteiger charge is -2.36. The Balaban J connectivity index is 1.47. The lowest BCUT2D eigenvalue weighted by molar-refractivity contribution is -0.143. The molecule has 5 rings (SSSR count). The van der Waals surface area contributed by atoms with Gasteiger partial charge in [-0.25, -0.2) is 18.2 Å². The van der Waals surface area contributed by atoms with Crippen molar-refractivity contribution in [1.29, 1.82) is 0 Å². The summed E-state index contributed by atoms with van der Waals surface area (Å²) in [5.41, 5.74) is -2.88. The van der Waals surface area contributed by atoms with E-state index >= 15 is 0 Å². The highest BCUT2D eigenvalue weighted by Crippen LogP contribution is 2.38. The van der Waals surface area contributed by atoms with Gasteiger partial charge in [0.1, 0.15) is 35.0 Å². The molecule has 1 saturated heterocycles. The van der Waals surface area contributed by atoms with E-state index in [2.05, 4.69) is 26.9 Å². The van der Waals surface area contributed by atoms with Crippen molar-refractivity contribution in [3.8, 4) is 11.6 Å². The van der Waals surface area contributed by atoms with Crippen LogP contribution in [0.5, 0.6) is 11.6 Å². The molecule has 4 atom stereocenters. The van der Waals surface area contributed by atoms with Crippen molar-refractivity contribution in [3.05, 3.63) is 42.6 Å². The Kier molecular flexibility index (Phi) is 10.8. The summed E-state index contributed by atoms with van der Waals surface area (Å²) in [6.45, 7) is 15.7. The largest absolute Gasteiger partial charge is 0.472 e. The summed E-state index contributed by atoms with van der Waals surface area (Å²) in [6.07, 6.45) is 0.570. The predicted octanol–water partition coefficient (Wildman–Crippen LogP) is 3.45. The second-order valence-corrected chi connectivity index (χ2v) is 17.7. The molecule has 3 heterocycles. The number of sulfonamides is 1. The average Bonchev–Trinajstić information content (AvgIpc) is 3.83. The van der Waals surface area contributed by atoms with Crippen LogP contribution in [-0.4, -0.2) is 90.0 Å². The summed E-state index contributed by atoms with van der Waals surface area (Å²) in [5, 5.41) is 6.15. The van der Waals surface area contributed by atoms with E-state index in [0.29, 0.717) is 29.7 Å². The third-order valence-corrected chi connectivity index (χ3v) is 10.8. The van der Waals surface area contributed by atoms with Crippen LogP contribution in [0.3, 0.4) is 0 Å². The zero-order valence-corrected chi connectivity index (χ0v) is 31.6. The third-order valence-electron chi connectivity index (χ3n) is 8.98. The second-order valence-electron chi connectivity index (χ2n) is 15.8. The molecule has 3 N–H and O–H groups in total. The predicted molar refractivity (Wildman–Crippen MR) is 191 cm³/mol. The summed E-state index contributed by atoms with van der Waals surface area (Å²) in [4.78, 5) is 61.2. The maximum atomic E-state index is 14.5. The number of alkyl carbamates (subject to hydrolysis) is 1. The van der Waals surface area contributed by atoms with E-state index in [1.807, 2.05) is 24.3 Å². The molecule has 284 valence electrons. The van der Waals surface area contributed by atoms with Crippen molar-refractivity contribution in [2.75, 3.05) is 13.3 Å². The molecule has 1 saturated carbocycles. The Hall–Kier alpha value is -4.44. The molecule has 0 unspecified atom stereocenters. The first-order chi connectivity index (χ1) is 24.2. The van der Waals surface area contributed by atoms with Crippen LogP contribution in [0.2, 0.25) is 0 Å². The SMILES string of the molecule is C=CC[C@@](C)(NC(=O)[C@@H]1C[C@@H](Oc2nc3c(c4ccccc24)OCOC3)CN1C(=O)[C@@H](NC(=O)OC(C)(C)C)C(C)(C)C)C(=O)NS(=O)(=O)C1CC1. The van der Waals surface area contributed by atoms with Crippen molar-refractivity contribution in [2.45, 2.75) is 115 Å². The van der Waals surface area contributed by atoms with E-state index in [9.17, 15) is 27.6 Å². The molecule has 15 nitrogen and oxygen atoms in total. The molecule has 2 fully saturated rings. The van der Waals surface area contributed by atoms with Crippen LogP contribution in [-0.2, 0) is 40.5 Å². The molecule has 2 aromatic rings. The minimum absolute atomic E-state index is 0.0207. The maximum Gasteiger partial charge on any atom is 0.408 e. The van der Waals surface area contributed by atoms with Gasteiger partial charge in [0.2, 0.25) is 27.7 Å². The Morgan fingerprint density at radius 3 is 2.37 bits per heavy atom. The molecule has 2 aliphatic heterocycles. The Morgan fingerprint density at radius 1 is 1.08 bits per heavy atom. The van der Waals surface area contributed by atoms with Crippen molar-refractivity contribution in [1.82, 2.24) is 25.2 Å². The first-order valence-corrected chi connectivity index (χ1v) is 18.8. The molecule has 52 heavy (non-hydrogen) atoms. The smallest absolute Gasteiger partial charge is 0.408 e. The minimum atomic E-state index is -3.93. The monoisotopic (exact) mass is 743 g/mol. The fourth-order valence-electron chi connectivity index (χ4n) is 6.16. The first kappa shape index (κ1) is 38.8. The molecular weight excluding hydrogens is 694 g/mol. The second kappa shape index (κ2) is 14.5. The van der Waals surface area contributed by atoms with E-state index in [-0.39, 0.29) is 38.7 Å². The number of aromatic nitrogens is 1. The zero-order valence-electron chi connectivity index (χ0n) is 30.7. The van der Waals surface area contributed by atoms with E-state index in [1.165, 1.54) is 17.9 Å². The highest BCUT2D eigenvalue weighted by atomic mass is 32.2. The van der Waals surface area contributed by atoms with Gasteiger partial charge in [-0.3, -0.25) is 19.1 Å². The normalized spacial score (nSPS) is 20.8. The van der Waals surface area contributed by atoms with Crippen LogP contribution in [0.25, 0.3) is 10.8 Å². The highest BCUT2D eigenvalue weighted by Gasteiger charge is 2.49. The van der Waals surface area contributed by atoms with Crippen LogP contribution in [0.4, 0.5) is 4.79 Å². The lowest BCUT2D eigenvalue weighted by atomic mass is 9.85. The van der Waals surface area contributed by atoms with E-state index < -0.39 is 73.8 Å². The molecule has 16 heteroatoms. The van der Waals surface area contributed by atoms with Crippen LogP contribution in [0.1, 0.15) is 79.8 Å². The summed E-state index contributed by atoms with van der Waals surface area (Å²) in [5.74, 6) is -1.40. The quantitative estimate of drug-likeness (QED) is 0.286. The van der Waals surface area contributed by atoms with Gasteiger partial charge in [0.05, 0.1) is 18.4 Å². The van der Waals surface area contributed by atoms with Crippen LogP contribution >= 0.6 is 0 Å². The van der Waals surface area contributed by atoms with Gasteiger partial charge in [-0.05, 0) is 58.4 Å². The van der Waals surface area contributed by atoms with Gasteiger partial charge in [-0.1, -0.05) is 45.0 Å².